The van der Waals surface area contributed by atoms with E-state index >= 15 is 0 Å². The van der Waals surface area contributed by atoms with Gasteiger partial charge in [-0.05, 0) is 30.0 Å². The van der Waals surface area contributed by atoms with Crippen molar-refractivity contribution in [1.29, 1.82) is 0 Å². The van der Waals surface area contributed by atoms with Crippen LogP contribution in [0.1, 0.15) is 39.2 Å². The first kappa shape index (κ1) is 17.7. The van der Waals surface area contributed by atoms with Gasteiger partial charge in [0.2, 0.25) is 10.0 Å². The van der Waals surface area contributed by atoms with Crippen LogP contribution in [-0.4, -0.2) is 26.7 Å². The van der Waals surface area contributed by atoms with E-state index in [2.05, 4.69) is 37.3 Å². The fourth-order valence-electron chi connectivity index (χ4n) is 1.61. The maximum Gasteiger partial charge on any atom is 0.240 e. The molecule has 0 aromatic heterocycles. The number of benzene rings is 1. The standard InChI is InChI=1S/C16H23NO3S/c1-16(2,3)10-11-17-21(19,20)15-9-6-8-14(13-15)7-4-5-12-18/h6,8-9,13,17-18H,5,10-12H2,1-3H3. The molecule has 0 amide bonds. The number of nitrogens with one attached hydrogen (secondary N) is 1. The van der Waals surface area contributed by atoms with Gasteiger partial charge in [0.15, 0.2) is 0 Å². The molecule has 5 heteroatoms. The predicted molar refractivity (Wildman–Crippen MR) is 84.3 cm³/mol. The summed E-state index contributed by atoms with van der Waals surface area (Å²) in [6.07, 6.45) is 1.14. The summed E-state index contributed by atoms with van der Waals surface area (Å²) in [5, 5.41) is 8.68. The first-order chi connectivity index (χ1) is 9.74. The van der Waals surface area contributed by atoms with Crippen molar-refractivity contribution in [3.63, 3.8) is 0 Å². The molecule has 0 saturated carbocycles. The van der Waals surface area contributed by atoms with Crippen LogP contribution in [0.4, 0.5) is 0 Å². The molecule has 1 rings (SSSR count). The number of sulfonamides is 1. The van der Waals surface area contributed by atoms with Crippen LogP contribution < -0.4 is 4.72 Å². The van der Waals surface area contributed by atoms with Crippen molar-refractivity contribution in [3.05, 3.63) is 29.8 Å². The normalized spacial score (nSPS) is 11.8. The average molecular weight is 309 g/mol. The molecule has 21 heavy (non-hydrogen) atoms. The molecule has 1 aromatic rings. The van der Waals surface area contributed by atoms with Gasteiger partial charge < -0.3 is 5.11 Å². The van der Waals surface area contributed by atoms with Crippen LogP contribution in [0.2, 0.25) is 0 Å². The van der Waals surface area contributed by atoms with Crippen molar-refractivity contribution in [2.75, 3.05) is 13.2 Å². The lowest BCUT2D eigenvalue weighted by molar-refractivity contribution is 0.305. The van der Waals surface area contributed by atoms with Crippen LogP contribution in [0.5, 0.6) is 0 Å². The highest BCUT2D eigenvalue weighted by Gasteiger charge is 2.16. The Hall–Kier alpha value is -1.35. The molecule has 4 nitrogen and oxygen atoms in total. The molecule has 0 aliphatic carbocycles. The summed E-state index contributed by atoms with van der Waals surface area (Å²) >= 11 is 0. The Morgan fingerprint density at radius 1 is 1.29 bits per heavy atom. The van der Waals surface area contributed by atoms with Crippen molar-refractivity contribution < 1.29 is 13.5 Å². The third kappa shape index (κ3) is 6.76. The van der Waals surface area contributed by atoms with Crippen LogP contribution in [0, 0.1) is 17.3 Å². The van der Waals surface area contributed by atoms with Crippen molar-refractivity contribution >= 4 is 10.0 Å². The van der Waals surface area contributed by atoms with E-state index in [-0.39, 0.29) is 16.9 Å². The monoisotopic (exact) mass is 309 g/mol. The second kappa shape index (κ2) is 7.60. The van der Waals surface area contributed by atoms with E-state index in [0.29, 0.717) is 18.5 Å². The van der Waals surface area contributed by atoms with E-state index in [1.54, 1.807) is 24.3 Å². The summed E-state index contributed by atoms with van der Waals surface area (Å²) in [5.74, 6) is 5.61. The summed E-state index contributed by atoms with van der Waals surface area (Å²) in [6, 6.07) is 6.51. The quantitative estimate of drug-likeness (QED) is 0.819. The Labute approximate surface area is 127 Å². The van der Waals surface area contributed by atoms with Gasteiger partial charge in [-0.3, -0.25) is 0 Å². The Kier molecular flexibility index (Phi) is 6.41. The Morgan fingerprint density at radius 3 is 2.62 bits per heavy atom. The Bertz CT molecular complexity index is 619. The summed E-state index contributed by atoms with van der Waals surface area (Å²) < 4.78 is 27.0. The minimum absolute atomic E-state index is 0.000647. The van der Waals surface area contributed by atoms with Gasteiger partial charge in [-0.15, -0.1) is 0 Å². The number of aliphatic hydroxyl groups excluding tert-OH is 1. The number of aliphatic hydroxyl groups is 1. The van der Waals surface area contributed by atoms with E-state index in [1.165, 1.54) is 0 Å². The first-order valence-electron chi connectivity index (χ1n) is 6.94. The Balaban J connectivity index is 2.80. The number of hydrogen-bond acceptors (Lipinski definition) is 3. The fourth-order valence-corrected chi connectivity index (χ4v) is 2.68. The lowest BCUT2D eigenvalue weighted by Gasteiger charge is -2.18. The Morgan fingerprint density at radius 2 is 2.00 bits per heavy atom. The van der Waals surface area contributed by atoms with E-state index < -0.39 is 10.0 Å². The smallest absolute Gasteiger partial charge is 0.240 e. The molecule has 0 unspecified atom stereocenters. The second-order valence-corrected chi connectivity index (χ2v) is 7.78. The first-order valence-corrected chi connectivity index (χ1v) is 8.42. The summed E-state index contributed by atoms with van der Waals surface area (Å²) in [4.78, 5) is 0.215. The molecule has 0 atom stereocenters. The third-order valence-electron chi connectivity index (χ3n) is 2.78. The maximum absolute atomic E-state index is 12.2. The largest absolute Gasteiger partial charge is 0.395 e. The average Bonchev–Trinajstić information content (AvgIpc) is 2.37. The lowest BCUT2D eigenvalue weighted by Crippen LogP contribution is -2.27. The molecule has 1 aromatic carbocycles. The molecule has 0 fully saturated rings. The zero-order valence-electron chi connectivity index (χ0n) is 12.8. The zero-order chi connectivity index (χ0) is 15.9. The van der Waals surface area contributed by atoms with Gasteiger partial charge in [-0.2, -0.15) is 0 Å². The highest BCUT2D eigenvalue weighted by atomic mass is 32.2. The maximum atomic E-state index is 12.2. The highest BCUT2D eigenvalue weighted by Crippen LogP contribution is 2.18. The van der Waals surface area contributed by atoms with E-state index in [4.69, 9.17) is 5.11 Å². The molecular weight excluding hydrogens is 286 g/mol. The fraction of sp³-hybridized carbons (Fsp3) is 0.500. The SMILES string of the molecule is CC(C)(C)CCNS(=O)(=O)c1cccc(C#CCCO)c1. The minimum Gasteiger partial charge on any atom is -0.395 e. The van der Waals surface area contributed by atoms with Crippen LogP contribution in [0.25, 0.3) is 0 Å². The van der Waals surface area contributed by atoms with Crippen LogP contribution in [0.3, 0.4) is 0 Å². The molecule has 0 heterocycles. The molecule has 0 saturated heterocycles. The third-order valence-corrected chi connectivity index (χ3v) is 4.24. The van der Waals surface area contributed by atoms with Crippen LogP contribution in [-0.2, 0) is 10.0 Å². The van der Waals surface area contributed by atoms with E-state index in [1.807, 2.05) is 0 Å². The molecule has 0 aliphatic rings. The van der Waals surface area contributed by atoms with Gasteiger partial charge in [0.1, 0.15) is 0 Å². The van der Waals surface area contributed by atoms with Crippen LogP contribution >= 0.6 is 0 Å². The van der Waals surface area contributed by atoms with Crippen molar-refractivity contribution in [2.45, 2.75) is 38.5 Å². The van der Waals surface area contributed by atoms with Gasteiger partial charge in [0, 0.05) is 18.5 Å². The summed E-state index contributed by atoms with van der Waals surface area (Å²) in [7, 11) is -3.50. The number of hydrogen-bond donors (Lipinski definition) is 2. The van der Waals surface area contributed by atoms with Gasteiger partial charge in [-0.1, -0.05) is 38.7 Å². The topological polar surface area (TPSA) is 66.4 Å². The van der Waals surface area contributed by atoms with Gasteiger partial charge >= 0.3 is 0 Å². The summed E-state index contributed by atoms with van der Waals surface area (Å²) in [6.45, 7) is 6.61. The van der Waals surface area contributed by atoms with Gasteiger partial charge in [0.25, 0.3) is 0 Å². The molecule has 2 N–H and O–H groups in total. The van der Waals surface area contributed by atoms with Crippen molar-refractivity contribution in [3.8, 4) is 11.8 Å². The van der Waals surface area contributed by atoms with Crippen molar-refractivity contribution in [2.24, 2.45) is 5.41 Å². The molecule has 116 valence electrons. The van der Waals surface area contributed by atoms with E-state index in [9.17, 15) is 8.42 Å². The van der Waals surface area contributed by atoms with E-state index in [0.717, 1.165) is 6.42 Å². The highest BCUT2D eigenvalue weighted by molar-refractivity contribution is 7.89. The lowest BCUT2D eigenvalue weighted by atomic mass is 9.93. The molecule has 0 aliphatic heterocycles. The van der Waals surface area contributed by atoms with Crippen LogP contribution in [0.15, 0.2) is 29.2 Å². The molecule has 0 bridgehead atoms. The molecular formula is C16H23NO3S. The van der Waals surface area contributed by atoms with Gasteiger partial charge in [-0.25, -0.2) is 13.1 Å². The minimum atomic E-state index is -3.50. The number of rotatable bonds is 5. The molecule has 0 radical (unpaired) electrons. The zero-order valence-corrected chi connectivity index (χ0v) is 13.6. The predicted octanol–water partition coefficient (Wildman–Crippen LogP) is 2.13. The molecule has 0 spiro atoms. The van der Waals surface area contributed by atoms with Gasteiger partial charge in [0.05, 0.1) is 11.5 Å². The van der Waals surface area contributed by atoms with Crippen molar-refractivity contribution in [1.82, 2.24) is 4.72 Å². The second-order valence-electron chi connectivity index (χ2n) is 6.01. The summed E-state index contributed by atoms with van der Waals surface area (Å²) in [5.41, 5.74) is 0.710.